The predicted octanol–water partition coefficient (Wildman–Crippen LogP) is 2.42. The van der Waals surface area contributed by atoms with Crippen LogP contribution in [0.4, 0.5) is 0 Å². The summed E-state index contributed by atoms with van der Waals surface area (Å²) in [6, 6.07) is 6.29. The maximum Gasteiger partial charge on any atom is 0.233 e. The fraction of sp³-hybridized carbons (Fsp3) is 0.412. The monoisotopic (exact) mass is 333 g/mol. The first-order valence-corrected chi connectivity index (χ1v) is 8.67. The van der Waals surface area contributed by atoms with E-state index in [4.69, 9.17) is 5.11 Å². The number of hydrogen-bond donors (Lipinski definition) is 1. The highest BCUT2D eigenvalue weighted by atomic mass is 32.2. The van der Waals surface area contributed by atoms with Crippen molar-refractivity contribution in [1.29, 1.82) is 0 Å². The summed E-state index contributed by atoms with van der Waals surface area (Å²) in [6.07, 6.45) is 3.67. The summed E-state index contributed by atoms with van der Waals surface area (Å²) >= 11 is 1.42. The Labute approximate surface area is 141 Å². The summed E-state index contributed by atoms with van der Waals surface area (Å²) in [5, 5.41) is 9.80. The third kappa shape index (κ3) is 4.36. The maximum absolute atomic E-state index is 12.2. The average molecular weight is 333 g/mol. The minimum absolute atomic E-state index is 0.0125. The van der Waals surface area contributed by atoms with Crippen LogP contribution in [0.15, 0.2) is 35.7 Å². The lowest BCUT2D eigenvalue weighted by Gasteiger charge is -2.19. The SMILES string of the molecule is CCN(CCO)C(=O)CSc1nccn1-c1cc(C)ccc1C. The van der Waals surface area contributed by atoms with Crippen LogP contribution >= 0.6 is 11.8 Å². The standard InChI is InChI=1S/C17H23N3O2S/c1-4-19(9-10-21)16(22)12-23-17-18-7-8-20(17)15-11-13(2)5-6-14(15)3/h5-8,11,21H,4,9-10,12H2,1-3H3. The number of aliphatic hydroxyl groups is 1. The Morgan fingerprint density at radius 3 is 2.87 bits per heavy atom. The van der Waals surface area contributed by atoms with Gasteiger partial charge >= 0.3 is 0 Å². The molecular weight excluding hydrogens is 310 g/mol. The molecule has 0 atom stereocenters. The van der Waals surface area contributed by atoms with Crippen molar-refractivity contribution < 1.29 is 9.90 Å². The molecule has 124 valence electrons. The highest BCUT2D eigenvalue weighted by Gasteiger charge is 2.14. The molecule has 0 spiro atoms. The number of amides is 1. The molecule has 2 aromatic rings. The van der Waals surface area contributed by atoms with Crippen LogP contribution in [0.1, 0.15) is 18.1 Å². The lowest BCUT2D eigenvalue weighted by atomic mass is 10.1. The zero-order valence-corrected chi connectivity index (χ0v) is 14.6. The molecule has 6 heteroatoms. The van der Waals surface area contributed by atoms with E-state index >= 15 is 0 Å². The smallest absolute Gasteiger partial charge is 0.233 e. The molecule has 1 aromatic heterocycles. The molecule has 1 amide bonds. The van der Waals surface area contributed by atoms with Crippen molar-refractivity contribution in [2.75, 3.05) is 25.4 Å². The molecule has 5 nitrogen and oxygen atoms in total. The van der Waals surface area contributed by atoms with E-state index in [9.17, 15) is 4.79 Å². The van der Waals surface area contributed by atoms with E-state index in [-0.39, 0.29) is 12.5 Å². The van der Waals surface area contributed by atoms with Crippen molar-refractivity contribution in [3.05, 3.63) is 41.7 Å². The zero-order chi connectivity index (χ0) is 16.8. The second-order valence-electron chi connectivity index (χ2n) is 5.36. The molecule has 0 fully saturated rings. The Hall–Kier alpha value is -1.79. The number of rotatable bonds is 7. The largest absolute Gasteiger partial charge is 0.395 e. The third-order valence-corrected chi connectivity index (χ3v) is 4.61. The molecule has 0 saturated heterocycles. The Morgan fingerprint density at radius 2 is 2.17 bits per heavy atom. The molecule has 1 N–H and O–H groups in total. The van der Waals surface area contributed by atoms with Gasteiger partial charge < -0.3 is 10.0 Å². The molecule has 0 saturated carbocycles. The second kappa shape index (κ2) is 8.17. The van der Waals surface area contributed by atoms with E-state index < -0.39 is 0 Å². The number of hydrogen-bond acceptors (Lipinski definition) is 4. The van der Waals surface area contributed by atoms with Gasteiger partial charge in [-0.1, -0.05) is 23.9 Å². The normalized spacial score (nSPS) is 10.8. The number of aryl methyl sites for hydroxylation is 2. The first kappa shape index (κ1) is 17.6. The summed E-state index contributed by atoms with van der Waals surface area (Å²) in [7, 11) is 0. The number of likely N-dealkylation sites (N-methyl/N-ethyl adjacent to an activating group) is 1. The van der Waals surface area contributed by atoms with Crippen molar-refractivity contribution in [3.8, 4) is 5.69 Å². The van der Waals surface area contributed by atoms with E-state index in [2.05, 4.69) is 37.0 Å². The molecule has 0 aliphatic rings. The molecular formula is C17H23N3O2S. The highest BCUT2D eigenvalue weighted by molar-refractivity contribution is 7.99. The van der Waals surface area contributed by atoms with Crippen molar-refractivity contribution in [2.45, 2.75) is 25.9 Å². The summed E-state index contributed by atoms with van der Waals surface area (Å²) in [4.78, 5) is 18.2. The van der Waals surface area contributed by atoms with Crippen LogP contribution in [0.3, 0.4) is 0 Å². The minimum atomic E-state index is -0.0125. The number of benzene rings is 1. The maximum atomic E-state index is 12.2. The summed E-state index contributed by atoms with van der Waals surface area (Å²) in [6.45, 7) is 7.00. The van der Waals surface area contributed by atoms with E-state index in [0.29, 0.717) is 18.8 Å². The Balaban J connectivity index is 2.13. The van der Waals surface area contributed by atoms with Gasteiger partial charge in [0.05, 0.1) is 18.0 Å². The van der Waals surface area contributed by atoms with E-state index in [1.165, 1.54) is 17.3 Å². The van der Waals surface area contributed by atoms with Gasteiger partial charge in [-0.25, -0.2) is 4.98 Å². The molecule has 1 heterocycles. The van der Waals surface area contributed by atoms with Gasteiger partial charge in [0.2, 0.25) is 5.91 Å². The second-order valence-corrected chi connectivity index (χ2v) is 6.30. The summed E-state index contributed by atoms with van der Waals surface area (Å²) in [5.41, 5.74) is 3.43. The van der Waals surface area contributed by atoms with Crippen LogP contribution in [0.2, 0.25) is 0 Å². The van der Waals surface area contributed by atoms with Gasteiger partial charge in [-0.05, 0) is 38.0 Å². The minimum Gasteiger partial charge on any atom is -0.395 e. The van der Waals surface area contributed by atoms with Crippen LogP contribution in [0.5, 0.6) is 0 Å². The van der Waals surface area contributed by atoms with Crippen molar-refractivity contribution in [1.82, 2.24) is 14.5 Å². The third-order valence-electron chi connectivity index (χ3n) is 3.66. The van der Waals surface area contributed by atoms with Gasteiger partial charge in [0.25, 0.3) is 0 Å². The lowest BCUT2D eigenvalue weighted by molar-refractivity contribution is -0.128. The summed E-state index contributed by atoms with van der Waals surface area (Å²) < 4.78 is 2.02. The first-order chi connectivity index (χ1) is 11.1. The number of carbonyl (C=O) groups is 1. The van der Waals surface area contributed by atoms with E-state index in [0.717, 1.165) is 16.4 Å². The lowest BCUT2D eigenvalue weighted by Crippen LogP contribution is -2.34. The van der Waals surface area contributed by atoms with Crippen LogP contribution in [0, 0.1) is 13.8 Å². The van der Waals surface area contributed by atoms with E-state index in [1.807, 2.05) is 17.7 Å². The molecule has 0 aliphatic carbocycles. The van der Waals surface area contributed by atoms with Gasteiger partial charge in [-0.2, -0.15) is 0 Å². The number of aromatic nitrogens is 2. The number of nitrogens with zero attached hydrogens (tertiary/aromatic N) is 3. The van der Waals surface area contributed by atoms with Crippen molar-refractivity contribution >= 4 is 17.7 Å². The predicted molar refractivity (Wildman–Crippen MR) is 93.1 cm³/mol. The first-order valence-electron chi connectivity index (χ1n) is 7.69. The van der Waals surface area contributed by atoms with Crippen LogP contribution < -0.4 is 0 Å². The van der Waals surface area contributed by atoms with Gasteiger partial charge in [0, 0.05) is 25.5 Å². The molecule has 2 rings (SSSR count). The van der Waals surface area contributed by atoms with Gasteiger partial charge in [0.15, 0.2) is 5.16 Å². The Kier molecular flexibility index (Phi) is 6.24. The van der Waals surface area contributed by atoms with Gasteiger partial charge in [-0.3, -0.25) is 9.36 Å². The number of thioether (sulfide) groups is 1. The molecule has 0 radical (unpaired) electrons. The average Bonchev–Trinajstić information content (AvgIpc) is 3.00. The summed E-state index contributed by atoms with van der Waals surface area (Å²) in [5.74, 6) is 0.331. The van der Waals surface area contributed by atoms with Gasteiger partial charge in [-0.15, -0.1) is 0 Å². The van der Waals surface area contributed by atoms with Crippen LogP contribution in [0.25, 0.3) is 5.69 Å². The van der Waals surface area contributed by atoms with Crippen LogP contribution in [-0.2, 0) is 4.79 Å². The molecule has 0 bridgehead atoms. The van der Waals surface area contributed by atoms with Crippen molar-refractivity contribution in [3.63, 3.8) is 0 Å². The molecule has 1 aromatic carbocycles. The highest BCUT2D eigenvalue weighted by Crippen LogP contribution is 2.23. The quantitative estimate of drug-likeness (QED) is 0.791. The number of carbonyl (C=O) groups excluding carboxylic acids is 1. The molecule has 0 aliphatic heterocycles. The fourth-order valence-corrected chi connectivity index (χ4v) is 3.23. The van der Waals surface area contributed by atoms with Crippen LogP contribution in [-0.4, -0.2) is 50.9 Å². The zero-order valence-electron chi connectivity index (χ0n) is 13.8. The van der Waals surface area contributed by atoms with Gasteiger partial charge in [0.1, 0.15) is 0 Å². The Bertz CT molecular complexity index is 670. The fourth-order valence-electron chi connectivity index (χ4n) is 2.36. The number of imidazole rings is 1. The van der Waals surface area contributed by atoms with Crippen molar-refractivity contribution in [2.24, 2.45) is 0 Å². The molecule has 0 unspecified atom stereocenters. The molecule has 23 heavy (non-hydrogen) atoms. The Morgan fingerprint density at radius 1 is 1.39 bits per heavy atom. The van der Waals surface area contributed by atoms with E-state index in [1.54, 1.807) is 11.1 Å². The topological polar surface area (TPSA) is 58.4 Å². The number of aliphatic hydroxyl groups excluding tert-OH is 1.